The summed E-state index contributed by atoms with van der Waals surface area (Å²) in [5.74, 6) is -1.57. The number of hydrogen-bond donors (Lipinski definition) is 1. The Morgan fingerprint density at radius 1 is 1.45 bits per heavy atom. The fourth-order valence-corrected chi connectivity index (χ4v) is 1.57. The van der Waals surface area contributed by atoms with E-state index in [0.717, 1.165) is 6.07 Å². The third kappa shape index (κ3) is 2.90. The maximum atomic E-state index is 13.5. The van der Waals surface area contributed by atoms with E-state index >= 15 is 0 Å². The Bertz CT molecular complexity index is 695. The number of ether oxygens (including phenoxy) is 1. The van der Waals surface area contributed by atoms with Crippen LogP contribution in [0.2, 0.25) is 0 Å². The van der Waals surface area contributed by atoms with Crippen LogP contribution in [-0.2, 0) is 11.3 Å². The van der Waals surface area contributed by atoms with Crippen molar-refractivity contribution < 1.29 is 13.9 Å². The third-order valence-electron chi connectivity index (χ3n) is 2.57. The van der Waals surface area contributed by atoms with Crippen LogP contribution in [0, 0.1) is 17.1 Å². The Hall–Kier alpha value is -2.94. The van der Waals surface area contributed by atoms with Crippen LogP contribution in [0.5, 0.6) is 0 Å². The summed E-state index contributed by atoms with van der Waals surface area (Å²) in [5, 5.41) is 8.85. The number of rotatable bonds is 3. The molecule has 2 N–H and O–H groups in total. The highest BCUT2D eigenvalue weighted by Gasteiger charge is 2.14. The predicted molar refractivity (Wildman–Crippen MR) is 68.9 cm³/mol. The summed E-state index contributed by atoms with van der Waals surface area (Å²) in [6.07, 6.45) is 1.46. The van der Waals surface area contributed by atoms with Gasteiger partial charge >= 0.3 is 5.97 Å². The number of nitriles is 1. The molecule has 20 heavy (non-hydrogen) atoms. The highest BCUT2D eigenvalue weighted by atomic mass is 19.1. The van der Waals surface area contributed by atoms with Crippen LogP contribution in [0.1, 0.15) is 21.6 Å². The number of aromatic nitrogens is 1. The smallest absolute Gasteiger partial charge is 0.341 e. The molecule has 0 atom stereocenters. The van der Waals surface area contributed by atoms with Crippen LogP contribution >= 0.6 is 0 Å². The van der Waals surface area contributed by atoms with E-state index in [-0.39, 0.29) is 23.6 Å². The van der Waals surface area contributed by atoms with Gasteiger partial charge in [0.1, 0.15) is 24.2 Å². The minimum atomic E-state index is -0.824. The fourth-order valence-electron chi connectivity index (χ4n) is 1.57. The Labute approximate surface area is 114 Å². The van der Waals surface area contributed by atoms with Crippen LogP contribution < -0.4 is 5.73 Å². The molecule has 0 amide bonds. The standard InChI is InChI=1S/C14H10FN3O2/c15-12-6-10(17)3-4-11(12)14(19)20-8-9-2-1-5-18-13(9)7-16/h1-6H,8,17H2. The molecule has 1 aromatic carbocycles. The van der Waals surface area contributed by atoms with Crippen molar-refractivity contribution >= 4 is 11.7 Å². The first-order valence-electron chi connectivity index (χ1n) is 5.68. The maximum Gasteiger partial charge on any atom is 0.341 e. The normalized spacial score (nSPS) is 9.80. The van der Waals surface area contributed by atoms with E-state index in [1.54, 1.807) is 12.1 Å². The zero-order valence-electron chi connectivity index (χ0n) is 10.3. The lowest BCUT2D eigenvalue weighted by Crippen LogP contribution is -2.09. The van der Waals surface area contributed by atoms with Gasteiger partial charge in [0.25, 0.3) is 0 Å². The number of hydrogen-bond acceptors (Lipinski definition) is 5. The van der Waals surface area contributed by atoms with E-state index in [1.165, 1.54) is 18.3 Å². The van der Waals surface area contributed by atoms with E-state index < -0.39 is 11.8 Å². The van der Waals surface area contributed by atoms with Crippen molar-refractivity contribution in [2.45, 2.75) is 6.61 Å². The van der Waals surface area contributed by atoms with Crippen LogP contribution in [-0.4, -0.2) is 11.0 Å². The molecule has 5 nitrogen and oxygen atoms in total. The Morgan fingerprint density at radius 2 is 2.25 bits per heavy atom. The minimum absolute atomic E-state index is 0.153. The average molecular weight is 271 g/mol. The molecule has 0 saturated heterocycles. The minimum Gasteiger partial charge on any atom is -0.457 e. The lowest BCUT2D eigenvalue weighted by atomic mass is 10.2. The molecule has 2 aromatic rings. The van der Waals surface area contributed by atoms with E-state index in [0.29, 0.717) is 5.56 Å². The molecule has 0 fully saturated rings. The highest BCUT2D eigenvalue weighted by molar-refractivity contribution is 5.90. The second-order valence-corrected chi connectivity index (χ2v) is 3.94. The van der Waals surface area contributed by atoms with Crippen molar-refractivity contribution in [2.75, 3.05) is 5.73 Å². The lowest BCUT2D eigenvalue weighted by Gasteiger charge is -2.07. The predicted octanol–water partition coefficient (Wildman–Crippen LogP) is 2.03. The second-order valence-electron chi connectivity index (χ2n) is 3.94. The van der Waals surface area contributed by atoms with Crippen molar-refractivity contribution in [1.82, 2.24) is 4.98 Å². The van der Waals surface area contributed by atoms with Crippen LogP contribution in [0.3, 0.4) is 0 Å². The molecular weight excluding hydrogens is 261 g/mol. The third-order valence-corrected chi connectivity index (χ3v) is 2.57. The molecule has 0 spiro atoms. The summed E-state index contributed by atoms with van der Waals surface area (Å²) in [5.41, 5.74) is 6.03. The SMILES string of the molecule is N#Cc1ncccc1COC(=O)c1ccc(N)cc1F. The molecule has 0 aliphatic rings. The van der Waals surface area contributed by atoms with Crippen LogP contribution in [0.15, 0.2) is 36.5 Å². The average Bonchev–Trinajstić information content (AvgIpc) is 2.45. The zero-order chi connectivity index (χ0) is 14.5. The summed E-state index contributed by atoms with van der Waals surface area (Å²) >= 11 is 0. The molecule has 0 radical (unpaired) electrons. The number of nitrogen functional groups attached to an aromatic ring is 1. The van der Waals surface area contributed by atoms with Gasteiger partial charge in [-0.1, -0.05) is 6.07 Å². The van der Waals surface area contributed by atoms with Crippen molar-refractivity contribution in [3.8, 4) is 6.07 Å². The maximum absolute atomic E-state index is 13.5. The van der Waals surface area contributed by atoms with E-state index in [9.17, 15) is 9.18 Å². The van der Waals surface area contributed by atoms with Gasteiger partial charge in [-0.3, -0.25) is 0 Å². The monoisotopic (exact) mass is 271 g/mol. The van der Waals surface area contributed by atoms with Gasteiger partial charge in [0.05, 0.1) is 5.56 Å². The van der Waals surface area contributed by atoms with Gasteiger partial charge in [-0.05, 0) is 24.3 Å². The van der Waals surface area contributed by atoms with Gasteiger partial charge < -0.3 is 10.5 Å². The number of benzene rings is 1. The fraction of sp³-hybridized carbons (Fsp3) is 0.0714. The number of pyridine rings is 1. The van der Waals surface area contributed by atoms with Crippen molar-refractivity contribution in [3.63, 3.8) is 0 Å². The van der Waals surface area contributed by atoms with Gasteiger partial charge in [-0.15, -0.1) is 0 Å². The van der Waals surface area contributed by atoms with Crippen molar-refractivity contribution in [2.24, 2.45) is 0 Å². The molecule has 2 rings (SSSR count). The summed E-state index contributed by atoms with van der Waals surface area (Å²) in [4.78, 5) is 15.6. The number of halogens is 1. The summed E-state index contributed by atoms with van der Waals surface area (Å²) in [6, 6.07) is 8.81. The molecule has 0 bridgehead atoms. The zero-order valence-corrected chi connectivity index (χ0v) is 10.3. The van der Waals surface area contributed by atoms with Gasteiger partial charge in [0, 0.05) is 17.4 Å². The quantitative estimate of drug-likeness (QED) is 0.681. The van der Waals surface area contributed by atoms with Crippen molar-refractivity contribution in [1.29, 1.82) is 5.26 Å². The Kier molecular flexibility index (Phi) is 3.91. The molecule has 0 aliphatic heterocycles. The summed E-state index contributed by atoms with van der Waals surface area (Å²) < 4.78 is 18.5. The molecular formula is C14H10FN3O2. The number of nitrogens with two attached hydrogens (primary N) is 1. The van der Waals surface area contributed by atoms with Gasteiger partial charge in [-0.25, -0.2) is 14.2 Å². The first-order chi connectivity index (χ1) is 9.61. The summed E-state index contributed by atoms with van der Waals surface area (Å²) in [7, 11) is 0. The highest BCUT2D eigenvalue weighted by Crippen LogP contribution is 2.14. The number of carbonyl (C=O) groups excluding carboxylic acids is 1. The van der Waals surface area contributed by atoms with E-state index in [1.807, 2.05) is 6.07 Å². The van der Waals surface area contributed by atoms with Crippen molar-refractivity contribution in [3.05, 3.63) is 59.2 Å². The topological polar surface area (TPSA) is 89.0 Å². The largest absolute Gasteiger partial charge is 0.457 e. The van der Waals surface area contributed by atoms with E-state index in [4.69, 9.17) is 15.7 Å². The summed E-state index contributed by atoms with van der Waals surface area (Å²) in [6.45, 7) is -0.153. The lowest BCUT2D eigenvalue weighted by molar-refractivity contribution is 0.0467. The number of nitrogens with zero attached hydrogens (tertiary/aromatic N) is 2. The van der Waals surface area contributed by atoms with E-state index in [2.05, 4.69) is 4.98 Å². The molecule has 0 unspecified atom stereocenters. The number of esters is 1. The van der Waals surface area contributed by atoms with Crippen LogP contribution in [0.4, 0.5) is 10.1 Å². The number of anilines is 1. The second kappa shape index (κ2) is 5.80. The van der Waals surface area contributed by atoms with Gasteiger partial charge in [0.2, 0.25) is 0 Å². The Morgan fingerprint density at radius 3 is 2.95 bits per heavy atom. The van der Waals surface area contributed by atoms with Gasteiger partial charge in [0.15, 0.2) is 0 Å². The first kappa shape index (κ1) is 13.5. The Balaban J connectivity index is 2.11. The molecule has 0 aliphatic carbocycles. The molecule has 1 aromatic heterocycles. The first-order valence-corrected chi connectivity index (χ1v) is 5.68. The van der Waals surface area contributed by atoms with Gasteiger partial charge in [-0.2, -0.15) is 5.26 Å². The molecule has 100 valence electrons. The molecule has 1 heterocycles. The number of carbonyl (C=O) groups is 1. The molecule has 0 saturated carbocycles. The molecule has 6 heteroatoms. The van der Waals surface area contributed by atoms with Crippen LogP contribution in [0.25, 0.3) is 0 Å².